The number of fused-ring (bicyclic) bond motifs is 3. The number of morpholine rings is 1. The molecule has 2 aliphatic rings. The highest BCUT2D eigenvalue weighted by Crippen LogP contribution is 2.42. The highest BCUT2D eigenvalue weighted by molar-refractivity contribution is 5.79. The summed E-state index contributed by atoms with van der Waals surface area (Å²) in [4.78, 5) is 4.63. The number of imidazole rings is 1. The van der Waals surface area contributed by atoms with E-state index in [-0.39, 0.29) is 6.10 Å². The molecular formula is C19H20N8O. The van der Waals surface area contributed by atoms with Crippen LogP contribution in [0.2, 0.25) is 0 Å². The van der Waals surface area contributed by atoms with Crippen LogP contribution >= 0.6 is 0 Å². The van der Waals surface area contributed by atoms with Crippen molar-refractivity contribution < 1.29 is 4.74 Å². The van der Waals surface area contributed by atoms with Gasteiger partial charge in [-0.2, -0.15) is 15.3 Å². The maximum absolute atomic E-state index is 6.43. The van der Waals surface area contributed by atoms with Crippen molar-refractivity contribution in [3.05, 3.63) is 42.5 Å². The fraction of sp³-hybridized carbons (Fsp3) is 0.368. The van der Waals surface area contributed by atoms with E-state index in [1.165, 1.54) is 0 Å². The number of aryl methyl sites for hydroxylation is 1. The van der Waals surface area contributed by atoms with Crippen LogP contribution < -0.4 is 5.32 Å². The van der Waals surface area contributed by atoms with E-state index in [2.05, 4.69) is 31.7 Å². The molecule has 6 heterocycles. The Morgan fingerprint density at radius 2 is 2.25 bits per heavy atom. The number of aromatic amines is 1. The van der Waals surface area contributed by atoms with E-state index in [1.54, 1.807) is 12.4 Å². The first-order chi connectivity index (χ1) is 13.7. The summed E-state index contributed by atoms with van der Waals surface area (Å²) >= 11 is 0. The van der Waals surface area contributed by atoms with Gasteiger partial charge < -0.3 is 10.1 Å². The van der Waals surface area contributed by atoms with Gasteiger partial charge in [-0.05, 0) is 31.0 Å². The molecule has 28 heavy (non-hydrogen) atoms. The van der Waals surface area contributed by atoms with Crippen molar-refractivity contribution in [1.82, 2.24) is 39.9 Å². The summed E-state index contributed by atoms with van der Waals surface area (Å²) in [5.74, 6) is 0.729. The predicted molar refractivity (Wildman–Crippen MR) is 101 cm³/mol. The molecule has 2 unspecified atom stereocenters. The largest absolute Gasteiger partial charge is 0.363 e. The molecule has 2 saturated heterocycles. The Labute approximate surface area is 160 Å². The second-order valence-electron chi connectivity index (χ2n) is 7.54. The Morgan fingerprint density at radius 1 is 1.29 bits per heavy atom. The van der Waals surface area contributed by atoms with Crippen molar-refractivity contribution in [2.75, 3.05) is 13.1 Å². The quantitative estimate of drug-likeness (QED) is 0.562. The van der Waals surface area contributed by atoms with Crippen LogP contribution in [0.15, 0.2) is 36.8 Å². The lowest BCUT2D eigenvalue weighted by atomic mass is 9.94. The number of H-pyrrole nitrogens is 1. The van der Waals surface area contributed by atoms with Gasteiger partial charge in [0.1, 0.15) is 11.3 Å². The SMILES string of the molecule is Cn1nccc1-c1cc(C23CCC(CNC2)O3)nn2c(-c3ccn[nH]3)ncc12. The minimum absolute atomic E-state index is 0.251. The molecule has 2 bridgehead atoms. The molecule has 2 N–H and O–H groups in total. The fourth-order valence-corrected chi connectivity index (χ4v) is 4.43. The molecule has 2 fully saturated rings. The first-order valence-corrected chi connectivity index (χ1v) is 9.49. The number of nitrogens with zero attached hydrogens (tertiary/aromatic N) is 6. The maximum atomic E-state index is 6.43. The Morgan fingerprint density at radius 3 is 3.07 bits per heavy atom. The van der Waals surface area contributed by atoms with Gasteiger partial charge in [-0.3, -0.25) is 9.78 Å². The second-order valence-corrected chi connectivity index (χ2v) is 7.54. The van der Waals surface area contributed by atoms with E-state index in [0.29, 0.717) is 0 Å². The molecule has 9 nitrogen and oxygen atoms in total. The number of ether oxygens (including phenoxy) is 1. The van der Waals surface area contributed by atoms with Crippen molar-refractivity contribution in [2.45, 2.75) is 24.5 Å². The molecule has 6 rings (SSSR count). The van der Waals surface area contributed by atoms with Crippen molar-refractivity contribution in [2.24, 2.45) is 7.05 Å². The van der Waals surface area contributed by atoms with Crippen LogP contribution in [0.4, 0.5) is 0 Å². The molecular weight excluding hydrogens is 356 g/mol. The van der Waals surface area contributed by atoms with Gasteiger partial charge in [0, 0.05) is 38.1 Å². The van der Waals surface area contributed by atoms with Crippen LogP contribution in [-0.2, 0) is 17.4 Å². The predicted octanol–water partition coefficient (Wildman–Crippen LogP) is 1.50. The van der Waals surface area contributed by atoms with Gasteiger partial charge >= 0.3 is 0 Å². The third-order valence-corrected chi connectivity index (χ3v) is 5.85. The summed E-state index contributed by atoms with van der Waals surface area (Å²) in [6.07, 6.45) is 7.64. The standard InChI is InChI=1S/C19H20N8O/c1-26-15(4-7-23-26)13-8-17(19-5-2-12(28-19)9-20-11-19)25-27-16(13)10-21-18(27)14-3-6-22-24-14/h3-4,6-8,10,12,20H,2,5,9,11H2,1H3,(H,22,24). The van der Waals surface area contributed by atoms with Crippen molar-refractivity contribution in [3.8, 4) is 22.8 Å². The van der Waals surface area contributed by atoms with Crippen LogP contribution in [0.5, 0.6) is 0 Å². The van der Waals surface area contributed by atoms with Crippen molar-refractivity contribution in [1.29, 1.82) is 0 Å². The van der Waals surface area contributed by atoms with Crippen LogP contribution in [-0.4, -0.2) is 53.8 Å². The van der Waals surface area contributed by atoms with Gasteiger partial charge in [0.2, 0.25) is 0 Å². The van der Waals surface area contributed by atoms with Crippen molar-refractivity contribution >= 4 is 5.52 Å². The number of hydrogen-bond acceptors (Lipinski definition) is 6. The molecule has 4 aromatic heterocycles. The summed E-state index contributed by atoms with van der Waals surface area (Å²) in [6.45, 7) is 1.67. The molecule has 0 amide bonds. The lowest BCUT2D eigenvalue weighted by Crippen LogP contribution is -2.46. The Hall–Kier alpha value is -3.04. The first-order valence-electron chi connectivity index (χ1n) is 9.49. The Kier molecular flexibility index (Phi) is 3.27. The van der Waals surface area contributed by atoms with Crippen LogP contribution in [0, 0.1) is 0 Å². The Balaban J connectivity index is 1.63. The van der Waals surface area contributed by atoms with Gasteiger partial charge in [-0.25, -0.2) is 9.50 Å². The molecule has 0 aliphatic carbocycles. The Bertz CT molecular complexity index is 1160. The highest BCUT2D eigenvalue weighted by Gasteiger charge is 2.46. The molecule has 0 spiro atoms. The zero-order valence-electron chi connectivity index (χ0n) is 15.5. The van der Waals surface area contributed by atoms with E-state index in [4.69, 9.17) is 9.84 Å². The van der Waals surface area contributed by atoms with E-state index in [1.807, 2.05) is 34.6 Å². The van der Waals surface area contributed by atoms with Crippen LogP contribution in [0.25, 0.3) is 28.3 Å². The van der Waals surface area contributed by atoms with Crippen LogP contribution in [0.1, 0.15) is 18.5 Å². The third-order valence-electron chi connectivity index (χ3n) is 5.85. The van der Waals surface area contributed by atoms with Gasteiger partial charge in [0.05, 0.1) is 29.2 Å². The van der Waals surface area contributed by atoms with Gasteiger partial charge in [-0.1, -0.05) is 0 Å². The summed E-state index contributed by atoms with van der Waals surface area (Å²) < 4.78 is 10.2. The number of nitrogens with one attached hydrogen (secondary N) is 2. The minimum atomic E-state index is -0.403. The molecule has 142 valence electrons. The topological polar surface area (TPSA) is 98.0 Å². The van der Waals surface area contributed by atoms with Crippen LogP contribution in [0.3, 0.4) is 0 Å². The smallest absolute Gasteiger partial charge is 0.179 e. The maximum Gasteiger partial charge on any atom is 0.179 e. The van der Waals surface area contributed by atoms with E-state index in [0.717, 1.165) is 59.9 Å². The lowest BCUT2D eigenvalue weighted by Gasteiger charge is -2.33. The zero-order chi connectivity index (χ0) is 18.7. The lowest BCUT2D eigenvalue weighted by molar-refractivity contribution is -0.0717. The highest BCUT2D eigenvalue weighted by atomic mass is 16.5. The second kappa shape index (κ2) is 5.73. The fourth-order valence-electron chi connectivity index (χ4n) is 4.43. The van der Waals surface area contributed by atoms with Gasteiger partial charge in [0.25, 0.3) is 0 Å². The average Bonchev–Trinajstić information content (AvgIpc) is 3.48. The molecule has 9 heteroatoms. The molecule has 0 saturated carbocycles. The van der Waals surface area contributed by atoms with Gasteiger partial charge in [0.15, 0.2) is 5.82 Å². The summed E-state index contributed by atoms with van der Waals surface area (Å²) in [6, 6.07) is 6.05. The average molecular weight is 376 g/mol. The van der Waals surface area contributed by atoms with E-state index < -0.39 is 5.60 Å². The van der Waals surface area contributed by atoms with E-state index in [9.17, 15) is 0 Å². The molecule has 2 aliphatic heterocycles. The molecule has 2 atom stereocenters. The normalized spacial score (nSPS) is 24.2. The number of aromatic nitrogens is 7. The molecule has 0 radical (unpaired) electrons. The zero-order valence-corrected chi connectivity index (χ0v) is 15.5. The first kappa shape index (κ1) is 16.0. The minimum Gasteiger partial charge on any atom is -0.363 e. The van der Waals surface area contributed by atoms with Gasteiger partial charge in [-0.15, -0.1) is 0 Å². The third kappa shape index (κ3) is 2.20. The molecule has 0 aromatic carbocycles. The van der Waals surface area contributed by atoms with Crippen molar-refractivity contribution in [3.63, 3.8) is 0 Å². The van der Waals surface area contributed by atoms with E-state index >= 15 is 0 Å². The summed E-state index contributed by atoms with van der Waals surface area (Å²) in [5.41, 5.74) is 4.32. The monoisotopic (exact) mass is 376 g/mol. The number of hydrogen-bond donors (Lipinski definition) is 2. The number of rotatable bonds is 3. The summed E-state index contributed by atoms with van der Waals surface area (Å²) in [5, 5.41) is 19.9. The molecule has 4 aromatic rings. The summed E-state index contributed by atoms with van der Waals surface area (Å²) in [7, 11) is 1.95.